The number of rotatable bonds is 6. The van der Waals surface area contributed by atoms with Crippen LogP contribution in [-0.2, 0) is 4.74 Å². The van der Waals surface area contributed by atoms with Crippen molar-refractivity contribution in [1.29, 1.82) is 0 Å². The average molecular weight is 225 g/mol. The van der Waals surface area contributed by atoms with Gasteiger partial charge in [0.2, 0.25) is 0 Å². The molecular formula is C12H19NOS. The van der Waals surface area contributed by atoms with E-state index in [4.69, 9.17) is 4.74 Å². The molecule has 1 N–H and O–H groups in total. The first-order valence-electron chi connectivity index (χ1n) is 5.24. The molecule has 1 aromatic rings. The molecule has 0 radical (unpaired) electrons. The Morgan fingerprint density at radius 2 is 2.27 bits per heavy atom. The van der Waals surface area contributed by atoms with E-state index in [9.17, 15) is 0 Å². The van der Waals surface area contributed by atoms with Gasteiger partial charge in [0.15, 0.2) is 0 Å². The van der Waals surface area contributed by atoms with Gasteiger partial charge in [-0.15, -0.1) is 11.8 Å². The highest BCUT2D eigenvalue weighted by atomic mass is 32.2. The van der Waals surface area contributed by atoms with E-state index in [-0.39, 0.29) is 0 Å². The molecule has 0 bridgehead atoms. The van der Waals surface area contributed by atoms with Crippen molar-refractivity contribution in [2.75, 3.05) is 24.8 Å². The summed E-state index contributed by atoms with van der Waals surface area (Å²) in [6.45, 7) is 5.01. The van der Waals surface area contributed by atoms with Crippen molar-refractivity contribution in [3.05, 3.63) is 24.3 Å². The number of ether oxygens (including phenoxy) is 1. The molecule has 0 fully saturated rings. The molecule has 84 valence electrons. The van der Waals surface area contributed by atoms with Gasteiger partial charge in [-0.05, 0) is 30.9 Å². The lowest BCUT2D eigenvalue weighted by atomic mass is 10.3. The third kappa shape index (κ3) is 4.58. The number of anilines is 1. The fourth-order valence-electron chi connectivity index (χ4n) is 1.42. The topological polar surface area (TPSA) is 21.3 Å². The summed E-state index contributed by atoms with van der Waals surface area (Å²) in [4.78, 5) is 1.31. The highest BCUT2D eigenvalue weighted by molar-refractivity contribution is 7.99. The predicted octanol–water partition coefficient (Wildman–Crippen LogP) is 3.25. The normalized spacial score (nSPS) is 12.5. The van der Waals surface area contributed by atoms with Crippen molar-refractivity contribution >= 4 is 17.4 Å². The van der Waals surface area contributed by atoms with Gasteiger partial charge in [-0.25, -0.2) is 0 Å². The van der Waals surface area contributed by atoms with Crippen molar-refractivity contribution in [3.63, 3.8) is 0 Å². The number of thioether (sulfide) groups is 1. The van der Waals surface area contributed by atoms with E-state index in [0.29, 0.717) is 6.04 Å². The molecule has 0 aromatic heterocycles. The Kier molecular flexibility index (Phi) is 5.58. The molecule has 0 saturated heterocycles. The quantitative estimate of drug-likeness (QED) is 0.751. The molecular weight excluding hydrogens is 206 g/mol. The van der Waals surface area contributed by atoms with Gasteiger partial charge in [-0.2, -0.15) is 0 Å². The molecule has 1 unspecified atom stereocenters. The van der Waals surface area contributed by atoms with Crippen LogP contribution in [0.4, 0.5) is 5.69 Å². The number of hydrogen-bond acceptors (Lipinski definition) is 3. The summed E-state index contributed by atoms with van der Waals surface area (Å²) < 4.78 is 5.09. The Bertz CT molecular complexity index is 291. The summed E-state index contributed by atoms with van der Waals surface area (Å²) in [5.41, 5.74) is 1.16. The Morgan fingerprint density at radius 3 is 2.93 bits per heavy atom. The average Bonchev–Trinajstić information content (AvgIpc) is 2.19. The van der Waals surface area contributed by atoms with Crippen LogP contribution in [0, 0.1) is 0 Å². The van der Waals surface area contributed by atoms with Crippen LogP contribution in [0.25, 0.3) is 0 Å². The van der Waals surface area contributed by atoms with Crippen molar-refractivity contribution in [2.24, 2.45) is 0 Å². The van der Waals surface area contributed by atoms with Gasteiger partial charge < -0.3 is 10.1 Å². The Labute approximate surface area is 96.4 Å². The van der Waals surface area contributed by atoms with Gasteiger partial charge in [-0.1, -0.05) is 13.0 Å². The molecule has 0 aliphatic rings. The van der Waals surface area contributed by atoms with Crippen LogP contribution in [0.2, 0.25) is 0 Å². The van der Waals surface area contributed by atoms with Crippen molar-refractivity contribution in [2.45, 2.75) is 24.8 Å². The summed E-state index contributed by atoms with van der Waals surface area (Å²) in [6.07, 6.45) is 0. The second kappa shape index (κ2) is 6.75. The van der Waals surface area contributed by atoms with Crippen molar-refractivity contribution < 1.29 is 4.74 Å². The molecule has 1 atom stereocenters. The largest absolute Gasteiger partial charge is 0.383 e. The monoisotopic (exact) mass is 225 g/mol. The molecule has 0 aliphatic carbocycles. The minimum Gasteiger partial charge on any atom is -0.383 e. The molecule has 3 heteroatoms. The van der Waals surface area contributed by atoms with Gasteiger partial charge in [-0.3, -0.25) is 0 Å². The van der Waals surface area contributed by atoms with E-state index in [1.165, 1.54) is 4.90 Å². The van der Waals surface area contributed by atoms with Gasteiger partial charge >= 0.3 is 0 Å². The van der Waals surface area contributed by atoms with Crippen molar-refractivity contribution in [3.8, 4) is 0 Å². The molecule has 0 saturated carbocycles. The molecule has 0 heterocycles. The molecule has 0 aliphatic heterocycles. The van der Waals surface area contributed by atoms with Crippen molar-refractivity contribution in [1.82, 2.24) is 0 Å². The van der Waals surface area contributed by atoms with Crippen LogP contribution < -0.4 is 5.32 Å². The van der Waals surface area contributed by atoms with Crippen LogP contribution >= 0.6 is 11.8 Å². The minimum absolute atomic E-state index is 0.344. The minimum atomic E-state index is 0.344. The summed E-state index contributed by atoms with van der Waals surface area (Å²) in [5, 5.41) is 3.40. The fraction of sp³-hybridized carbons (Fsp3) is 0.500. The standard InChI is InChI=1S/C12H19NOS/c1-4-15-12-7-5-6-11(8-12)13-10(2)9-14-3/h5-8,10,13H,4,9H2,1-3H3. The second-order valence-corrected chi connectivity index (χ2v) is 4.80. The predicted molar refractivity (Wildman–Crippen MR) is 67.8 cm³/mol. The first-order chi connectivity index (χ1) is 7.26. The van der Waals surface area contributed by atoms with Crippen LogP contribution in [0.5, 0.6) is 0 Å². The highest BCUT2D eigenvalue weighted by Gasteiger charge is 2.01. The highest BCUT2D eigenvalue weighted by Crippen LogP contribution is 2.21. The van der Waals surface area contributed by atoms with Crippen LogP contribution in [0.1, 0.15) is 13.8 Å². The van der Waals surface area contributed by atoms with Gasteiger partial charge in [0.1, 0.15) is 0 Å². The first-order valence-corrected chi connectivity index (χ1v) is 6.23. The Morgan fingerprint density at radius 1 is 1.47 bits per heavy atom. The van der Waals surface area contributed by atoms with E-state index in [1.807, 2.05) is 11.8 Å². The zero-order valence-electron chi connectivity index (χ0n) is 9.62. The van der Waals surface area contributed by atoms with Crippen LogP contribution in [0.15, 0.2) is 29.2 Å². The van der Waals surface area contributed by atoms with E-state index >= 15 is 0 Å². The number of hydrogen-bond donors (Lipinski definition) is 1. The van der Waals surface area contributed by atoms with E-state index in [1.54, 1.807) is 7.11 Å². The van der Waals surface area contributed by atoms with Crippen LogP contribution in [-0.4, -0.2) is 25.5 Å². The summed E-state index contributed by atoms with van der Waals surface area (Å²) >= 11 is 1.86. The summed E-state index contributed by atoms with van der Waals surface area (Å²) in [6, 6.07) is 8.84. The molecule has 0 spiro atoms. The van der Waals surface area contributed by atoms with Gasteiger partial charge in [0.05, 0.1) is 6.61 Å². The number of methoxy groups -OCH3 is 1. The molecule has 1 aromatic carbocycles. The lowest BCUT2D eigenvalue weighted by Crippen LogP contribution is -2.20. The molecule has 15 heavy (non-hydrogen) atoms. The first kappa shape index (κ1) is 12.4. The molecule has 2 nitrogen and oxygen atoms in total. The molecule has 0 amide bonds. The second-order valence-electron chi connectivity index (χ2n) is 3.46. The Balaban J connectivity index is 2.56. The van der Waals surface area contributed by atoms with Crippen LogP contribution in [0.3, 0.4) is 0 Å². The maximum atomic E-state index is 5.09. The SMILES string of the molecule is CCSc1cccc(NC(C)COC)c1. The maximum Gasteiger partial charge on any atom is 0.0661 e. The van der Waals surface area contributed by atoms with E-state index in [0.717, 1.165) is 18.0 Å². The Hall–Kier alpha value is -0.670. The van der Waals surface area contributed by atoms with Gasteiger partial charge in [0.25, 0.3) is 0 Å². The zero-order chi connectivity index (χ0) is 11.1. The van der Waals surface area contributed by atoms with Gasteiger partial charge in [0, 0.05) is 23.7 Å². The van der Waals surface area contributed by atoms with E-state index in [2.05, 4.69) is 43.4 Å². The molecule has 1 rings (SSSR count). The third-order valence-corrected chi connectivity index (χ3v) is 2.85. The number of nitrogens with one attached hydrogen (secondary N) is 1. The fourth-order valence-corrected chi connectivity index (χ4v) is 2.14. The maximum absolute atomic E-state index is 5.09. The third-order valence-electron chi connectivity index (χ3n) is 1.97. The lowest BCUT2D eigenvalue weighted by Gasteiger charge is -2.14. The smallest absolute Gasteiger partial charge is 0.0661 e. The summed E-state index contributed by atoms with van der Waals surface area (Å²) in [7, 11) is 1.72. The number of benzene rings is 1. The lowest BCUT2D eigenvalue weighted by molar-refractivity contribution is 0.190. The zero-order valence-corrected chi connectivity index (χ0v) is 10.4. The van der Waals surface area contributed by atoms with E-state index < -0.39 is 0 Å². The summed E-state index contributed by atoms with van der Waals surface area (Å²) in [5.74, 6) is 1.11.